The maximum Gasteiger partial charge on any atom is 0.124 e. The Labute approximate surface area is 186 Å². The molecule has 0 amide bonds. The molecule has 31 heavy (non-hydrogen) atoms. The Morgan fingerprint density at radius 3 is 2.42 bits per heavy atom. The zero-order chi connectivity index (χ0) is 21.4. The molecule has 0 atom stereocenters. The van der Waals surface area contributed by atoms with Gasteiger partial charge in [0, 0.05) is 26.9 Å². The van der Waals surface area contributed by atoms with Crippen molar-refractivity contribution in [2.45, 2.75) is 13.8 Å². The minimum atomic E-state index is 0.331. The number of allylic oxidation sites excluding steroid dienone is 3. The lowest BCUT2D eigenvalue weighted by molar-refractivity contribution is 0.482. The number of hydrogen-bond donors (Lipinski definition) is 1. The SMILES string of the molecule is C/C=C\C(=C/C)N(c1ccccc1)c1cc2ccccc2c2c1sc1cccc(O)c12. The molecule has 0 aliphatic rings. The lowest BCUT2D eigenvalue weighted by atomic mass is 10.0. The van der Waals surface area contributed by atoms with Crippen molar-refractivity contribution in [2.24, 2.45) is 0 Å². The number of fused-ring (bicyclic) bond motifs is 5. The second-order valence-electron chi connectivity index (χ2n) is 7.46. The average Bonchev–Trinajstić information content (AvgIpc) is 3.21. The number of rotatable bonds is 4. The molecule has 0 fully saturated rings. The van der Waals surface area contributed by atoms with Crippen LogP contribution >= 0.6 is 11.3 Å². The number of benzene rings is 4. The summed E-state index contributed by atoms with van der Waals surface area (Å²) in [6.07, 6.45) is 6.35. The lowest BCUT2D eigenvalue weighted by Crippen LogP contribution is -2.15. The Hall–Kier alpha value is -3.56. The van der Waals surface area contributed by atoms with E-state index in [1.165, 1.54) is 4.70 Å². The number of phenols is 1. The number of phenolic OH excluding ortho intramolecular Hbond substituents is 1. The molecule has 1 aromatic heterocycles. The number of anilines is 2. The van der Waals surface area contributed by atoms with E-state index in [2.05, 4.69) is 90.7 Å². The van der Waals surface area contributed by atoms with E-state index in [-0.39, 0.29) is 0 Å². The highest BCUT2D eigenvalue weighted by atomic mass is 32.1. The Morgan fingerprint density at radius 2 is 1.65 bits per heavy atom. The minimum absolute atomic E-state index is 0.331. The van der Waals surface area contributed by atoms with Crippen LogP contribution in [0.1, 0.15) is 13.8 Å². The number of para-hydroxylation sites is 1. The van der Waals surface area contributed by atoms with E-state index < -0.39 is 0 Å². The zero-order valence-electron chi connectivity index (χ0n) is 17.5. The van der Waals surface area contributed by atoms with Crippen LogP contribution in [-0.2, 0) is 0 Å². The highest BCUT2D eigenvalue weighted by Gasteiger charge is 2.21. The summed E-state index contributed by atoms with van der Waals surface area (Å²) < 4.78 is 2.26. The summed E-state index contributed by atoms with van der Waals surface area (Å²) in [5, 5.41) is 15.1. The van der Waals surface area contributed by atoms with E-state index in [0.29, 0.717) is 5.75 Å². The van der Waals surface area contributed by atoms with Crippen LogP contribution in [-0.4, -0.2) is 5.11 Å². The quantitative estimate of drug-likeness (QED) is 0.294. The minimum Gasteiger partial charge on any atom is -0.507 e. The Balaban J connectivity index is 1.96. The van der Waals surface area contributed by atoms with E-state index >= 15 is 0 Å². The summed E-state index contributed by atoms with van der Waals surface area (Å²) in [5.74, 6) is 0.331. The van der Waals surface area contributed by atoms with Gasteiger partial charge in [0.25, 0.3) is 0 Å². The molecule has 5 rings (SSSR count). The molecule has 0 aliphatic heterocycles. The van der Waals surface area contributed by atoms with Crippen LogP contribution < -0.4 is 4.90 Å². The van der Waals surface area contributed by atoms with E-state index in [9.17, 15) is 5.11 Å². The van der Waals surface area contributed by atoms with Gasteiger partial charge in [-0.1, -0.05) is 60.7 Å². The summed E-state index contributed by atoms with van der Waals surface area (Å²) in [6, 6.07) is 26.9. The second-order valence-corrected chi connectivity index (χ2v) is 8.51. The van der Waals surface area contributed by atoms with E-state index in [4.69, 9.17) is 0 Å². The third kappa shape index (κ3) is 3.18. The predicted molar refractivity (Wildman–Crippen MR) is 136 cm³/mol. The highest BCUT2D eigenvalue weighted by molar-refractivity contribution is 7.26. The first-order valence-electron chi connectivity index (χ1n) is 10.4. The van der Waals surface area contributed by atoms with Crippen molar-refractivity contribution in [1.29, 1.82) is 0 Å². The van der Waals surface area contributed by atoms with Crippen molar-refractivity contribution in [3.05, 3.63) is 103 Å². The molecule has 0 saturated heterocycles. The Bertz CT molecular complexity index is 1460. The first-order chi connectivity index (χ1) is 15.2. The third-order valence-corrected chi connectivity index (χ3v) is 6.77. The zero-order valence-corrected chi connectivity index (χ0v) is 18.4. The van der Waals surface area contributed by atoms with Gasteiger partial charge < -0.3 is 10.0 Å². The molecule has 5 aromatic rings. The standard InChI is InChI=1S/C28H23NOS/c1-3-11-20(4-2)29(21-13-6-5-7-14-21)23-18-19-12-8-9-15-22(19)26-27-24(30)16-10-17-25(27)31-28(23)26/h3-18,30H,1-2H3/b11-3-,20-4+. The summed E-state index contributed by atoms with van der Waals surface area (Å²) in [5.41, 5.74) is 3.32. The van der Waals surface area contributed by atoms with Gasteiger partial charge in [-0.05, 0) is 61.0 Å². The molecule has 1 N–H and O–H groups in total. The van der Waals surface area contributed by atoms with Crippen molar-refractivity contribution in [3.63, 3.8) is 0 Å². The number of hydrogen-bond acceptors (Lipinski definition) is 3. The van der Waals surface area contributed by atoms with Crippen molar-refractivity contribution < 1.29 is 5.11 Å². The van der Waals surface area contributed by atoms with Gasteiger partial charge in [0.15, 0.2) is 0 Å². The fraction of sp³-hybridized carbons (Fsp3) is 0.0714. The third-order valence-electron chi connectivity index (χ3n) is 5.59. The average molecular weight is 422 g/mol. The Kier molecular flexibility index (Phi) is 4.97. The molecule has 0 bridgehead atoms. The van der Waals surface area contributed by atoms with Gasteiger partial charge >= 0.3 is 0 Å². The summed E-state index contributed by atoms with van der Waals surface area (Å²) in [7, 11) is 0. The molecule has 152 valence electrons. The first-order valence-corrected chi connectivity index (χ1v) is 11.2. The maximum atomic E-state index is 10.8. The molecule has 0 radical (unpaired) electrons. The lowest BCUT2D eigenvalue weighted by Gasteiger charge is -2.27. The second kappa shape index (κ2) is 7.93. The van der Waals surface area contributed by atoms with Gasteiger partial charge in [0.1, 0.15) is 5.75 Å². The predicted octanol–water partition coefficient (Wildman–Crippen LogP) is 8.53. The van der Waals surface area contributed by atoms with Crippen LogP contribution in [0.5, 0.6) is 5.75 Å². The van der Waals surface area contributed by atoms with Crippen LogP contribution in [0.15, 0.2) is 103 Å². The number of nitrogens with zero attached hydrogens (tertiary/aromatic N) is 1. The van der Waals surface area contributed by atoms with Gasteiger partial charge in [0.05, 0.1) is 10.4 Å². The summed E-state index contributed by atoms with van der Waals surface area (Å²) >= 11 is 1.73. The van der Waals surface area contributed by atoms with Gasteiger partial charge in [-0.15, -0.1) is 11.3 Å². The molecule has 2 nitrogen and oxygen atoms in total. The Morgan fingerprint density at radius 1 is 0.871 bits per heavy atom. The van der Waals surface area contributed by atoms with Crippen molar-refractivity contribution in [1.82, 2.24) is 0 Å². The molecule has 3 heteroatoms. The van der Waals surface area contributed by atoms with Crippen LogP contribution in [0.3, 0.4) is 0 Å². The monoisotopic (exact) mass is 421 g/mol. The van der Waals surface area contributed by atoms with E-state index in [1.54, 1.807) is 17.4 Å². The molecule has 1 heterocycles. The molecule has 0 spiro atoms. The first kappa shape index (κ1) is 19.4. The van der Waals surface area contributed by atoms with Gasteiger partial charge in [-0.2, -0.15) is 0 Å². The fourth-order valence-electron chi connectivity index (χ4n) is 4.27. The van der Waals surface area contributed by atoms with Gasteiger partial charge in [0.2, 0.25) is 0 Å². The van der Waals surface area contributed by atoms with Crippen molar-refractivity contribution in [2.75, 3.05) is 4.90 Å². The van der Waals surface area contributed by atoms with Gasteiger partial charge in [-0.3, -0.25) is 0 Å². The number of thiophene rings is 1. The molecule has 4 aromatic carbocycles. The molecule has 0 aliphatic carbocycles. The van der Waals surface area contributed by atoms with Crippen LogP contribution in [0.25, 0.3) is 30.9 Å². The largest absolute Gasteiger partial charge is 0.507 e. The van der Waals surface area contributed by atoms with Crippen LogP contribution in [0.2, 0.25) is 0 Å². The van der Waals surface area contributed by atoms with E-state index in [0.717, 1.165) is 43.3 Å². The molecule has 0 saturated carbocycles. The molecule has 0 unspecified atom stereocenters. The highest BCUT2D eigenvalue weighted by Crippen LogP contribution is 2.48. The molecular formula is C28H23NOS. The topological polar surface area (TPSA) is 23.5 Å². The summed E-state index contributed by atoms with van der Waals surface area (Å²) in [6.45, 7) is 4.11. The van der Waals surface area contributed by atoms with E-state index in [1.807, 2.05) is 19.1 Å². The summed E-state index contributed by atoms with van der Waals surface area (Å²) in [4.78, 5) is 2.31. The van der Waals surface area contributed by atoms with Gasteiger partial charge in [-0.25, -0.2) is 0 Å². The maximum absolute atomic E-state index is 10.8. The van der Waals surface area contributed by atoms with Crippen molar-refractivity contribution >= 4 is 53.7 Å². The van der Waals surface area contributed by atoms with Crippen LogP contribution in [0, 0.1) is 0 Å². The van der Waals surface area contributed by atoms with Crippen LogP contribution in [0.4, 0.5) is 11.4 Å². The molecular weight excluding hydrogens is 398 g/mol. The smallest absolute Gasteiger partial charge is 0.124 e. The normalized spacial score (nSPS) is 12.4. The van der Waals surface area contributed by atoms with Crippen molar-refractivity contribution in [3.8, 4) is 5.75 Å². The number of aromatic hydroxyl groups is 1. The fourth-order valence-corrected chi connectivity index (χ4v) is 5.52.